The van der Waals surface area contributed by atoms with Gasteiger partial charge >= 0.3 is 0 Å². The van der Waals surface area contributed by atoms with Gasteiger partial charge in [-0.05, 0) is 57.7 Å². The van der Waals surface area contributed by atoms with E-state index in [0.29, 0.717) is 5.17 Å². The highest BCUT2D eigenvalue weighted by Gasteiger charge is 2.05. The zero-order valence-electron chi connectivity index (χ0n) is 12.5. The fourth-order valence-electron chi connectivity index (χ4n) is 1.43. The SMILES string of the molecule is CS/C(=N\C#N)Nc1ccc(C#CC(C)(C)C)c(C)c1. The number of anilines is 1. The van der Waals surface area contributed by atoms with Gasteiger partial charge in [0.15, 0.2) is 5.17 Å². The molecule has 0 heterocycles. The number of nitrogens with one attached hydrogen (secondary N) is 1. The van der Waals surface area contributed by atoms with Gasteiger partial charge in [-0.3, -0.25) is 0 Å². The molecule has 0 amide bonds. The molecule has 104 valence electrons. The molecule has 0 aromatic heterocycles. The van der Waals surface area contributed by atoms with Crippen molar-refractivity contribution < 1.29 is 0 Å². The molecule has 1 N–H and O–H groups in total. The van der Waals surface area contributed by atoms with E-state index in [9.17, 15) is 0 Å². The summed E-state index contributed by atoms with van der Waals surface area (Å²) < 4.78 is 0. The van der Waals surface area contributed by atoms with E-state index in [1.54, 1.807) is 6.19 Å². The van der Waals surface area contributed by atoms with Gasteiger partial charge in [0.25, 0.3) is 0 Å². The van der Waals surface area contributed by atoms with Crippen LogP contribution in [0.25, 0.3) is 0 Å². The summed E-state index contributed by atoms with van der Waals surface area (Å²) >= 11 is 1.40. The molecule has 0 aliphatic rings. The molecule has 0 aliphatic heterocycles. The highest BCUT2D eigenvalue weighted by Crippen LogP contribution is 2.17. The number of hydrogen-bond donors (Lipinski definition) is 1. The van der Waals surface area contributed by atoms with Crippen molar-refractivity contribution in [3.63, 3.8) is 0 Å². The molecule has 0 fully saturated rings. The van der Waals surface area contributed by atoms with Gasteiger partial charge in [-0.2, -0.15) is 5.26 Å². The lowest BCUT2D eigenvalue weighted by Gasteiger charge is -2.09. The molecule has 1 rings (SSSR count). The van der Waals surface area contributed by atoms with Crippen LogP contribution in [0.1, 0.15) is 31.9 Å². The Morgan fingerprint density at radius 2 is 2.05 bits per heavy atom. The smallest absolute Gasteiger partial charge is 0.208 e. The molecule has 0 atom stereocenters. The van der Waals surface area contributed by atoms with Crippen LogP contribution >= 0.6 is 11.8 Å². The lowest BCUT2D eigenvalue weighted by Crippen LogP contribution is -2.07. The van der Waals surface area contributed by atoms with Crippen LogP contribution < -0.4 is 5.32 Å². The zero-order chi connectivity index (χ0) is 15.2. The zero-order valence-corrected chi connectivity index (χ0v) is 13.4. The molecule has 1 aromatic carbocycles. The van der Waals surface area contributed by atoms with E-state index < -0.39 is 0 Å². The first-order valence-corrected chi connectivity index (χ1v) is 7.50. The molecule has 0 aliphatic carbocycles. The molecule has 0 saturated heterocycles. The Morgan fingerprint density at radius 3 is 2.55 bits per heavy atom. The second kappa shape index (κ2) is 7.03. The Morgan fingerprint density at radius 1 is 1.35 bits per heavy atom. The van der Waals surface area contributed by atoms with Gasteiger partial charge in [0.2, 0.25) is 6.19 Å². The van der Waals surface area contributed by atoms with Crippen LogP contribution in [-0.2, 0) is 0 Å². The standard InChI is InChI=1S/C16H19N3S/c1-12-10-14(19-15(20-5)18-11-17)7-6-13(12)8-9-16(2,3)4/h6-7,10H,1-5H3,(H,18,19). The van der Waals surface area contributed by atoms with Crippen LogP contribution in [0, 0.1) is 35.6 Å². The topological polar surface area (TPSA) is 48.2 Å². The predicted octanol–water partition coefficient (Wildman–Crippen LogP) is 4.00. The summed E-state index contributed by atoms with van der Waals surface area (Å²) in [6, 6.07) is 5.94. The molecule has 4 heteroatoms. The summed E-state index contributed by atoms with van der Waals surface area (Å²) in [4.78, 5) is 3.70. The summed E-state index contributed by atoms with van der Waals surface area (Å²) in [5, 5.41) is 12.3. The normalized spacial score (nSPS) is 11.3. The number of aliphatic imine (C=N–C) groups is 1. The monoisotopic (exact) mass is 285 g/mol. The number of thioether (sulfide) groups is 1. The van der Waals surface area contributed by atoms with E-state index in [2.05, 4.69) is 42.9 Å². The van der Waals surface area contributed by atoms with Crippen LogP contribution in [0.3, 0.4) is 0 Å². The van der Waals surface area contributed by atoms with Crippen LogP contribution in [0.5, 0.6) is 0 Å². The Hall–Kier alpha value is -1.91. The second-order valence-electron chi connectivity index (χ2n) is 5.38. The largest absolute Gasteiger partial charge is 0.334 e. The molecule has 20 heavy (non-hydrogen) atoms. The van der Waals surface area contributed by atoms with E-state index in [-0.39, 0.29) is 5.41 Å². The Balaban J connectivity index is 2.96. The quantitative estimate of drug-likeness (QED) is 0.367. The van der Waals surface area contributed by atoms with Gasteiger partial charge in [0.1, 0.15) is 0 Å². The summed E-state index contributed by atoms with van der Waals surface area (Å²) in [5.74, 6) is 6.44. The van der Waals surface area contributed by atoms with Gasteiger partial charge in [0, 0.05) is 16.7 Å². The number of benzene rings is 1. The van der Waals surface area contributed by atoms with E-state index in [0.717, 1.165) is 16.8 Å². The van der Waals surface area contributed by atoms with Crippen molar-refractivity contribution in [3.05, 3.63) is 29.3 Å². The number of hydrogen-bond acceptors (Lipinski definition) is 3. The molecule has 0 unspecified atom stereocenters. The molecular formula is C16H19N3S. The van der Waals surface area contributed by atoms with Gasteiger partial charge in [-0.25, -0.2) is 0 Å². The van der Waals surface area contributed by atoms with Crippen molar-refractivity contribution in [1.82, 2.24) is 0 Å². The third-order valence-electron chi connectivity index (χ3n) is 2.39. The van der Waals surface area contributed by atoms with E-state index in [1.807, 2.05) is 31.4 Å². The lowest BCUT2D eigenvalue weighted by molar-refractivity contribution is 0.571. The first kappa shape index (κ1) is 16.1. The van der Waals surface area contributed by atoms with Gasteiger partial charge < -0.3 is 5.32 Å². The van der Waals surface area contributed by atoms with E-state index in [4.69, 9.17) is 5.26 Å². The Labute approximate surface area is 125 Å². The Kier molecular flexibility index (Phi) is 5.67. The van der Waals surface area contributed by atoms with Crippen LogP contribution in [0.4, 0.5) is 5.69 Å². The van der Waals surface area contributed by atoms with Crippen LogP contribution in [0.15, 0.2) is 23.2 Å². The first-order chi connectivity index (χ1) is 9.35. The minimum absolute atomic E-state index is 0.00512. The van der Waals surface area contributed by atoms with Crippen molar-refractivity contribution in [2.45, 2.75) is 27.7 Å². The maximum atomic E-state index is 8.58. The number of amidine groups is 1. The average Bonchev–Trinajstić information content (AvgIpc) is 2.36. The fourth-order valence-corrected chi connectivity index (χ4v) is 1.78. The fraction of sp³-hybridized carbons (Fsp3) is 0.375. The molecule has 1 aromatic rings. The van der Waals surface area contributed by atoms with Crippen LogP contribution in [0.2, 0.25) is 0 Å². The van der Waals surface area contributed by atoms with Gasteiger partial charge in [0.05, 0.1) is 0 Å². The highest BCUT2D eigenvalue weighted by molar-refractivity contribution is 8.13. The molecule has 0 radical (unpaired) electrons. The minimum atomic E-state index is -0.00512. The third kappa shape index (κ3) is 5.38. The van der Waals surface area contributed by atoms with E-state index >= 15 is 0 Å². The first-order valence-electron chi connectivity index (χ1n) is 6.27. The van der Waals surface area contributed by atoms with Crippen molar-refractivity contribution in [3.8, 4) is 18.0 Å². The summed E-state index contributed by atoms with van der Waals surface area (Å²) in [7, 11) is 0. The van der Waals surface area contributed by atoms with Gasteiger partial charge in [-0.15, -0.1) is 4.99 Å². The minimum Gasteiger partial charge on any atom is -0.334 e. The Bertz CT molecular complexity index is 607. The maximum Gasteiger partial charge on any atom is 0.208 e. The van der Waals surface area contributed by atoms with Crippen molar-refractivity contribution in [2.24, 2.45) is 10.4 Å². The molecule has 0 bridgehead atoms. The van der Waals surface area contributed by atoms with Crippen molar-refractivity contribution in [2.75, 3.05) is 11.6 Å². The average molecular weight is 285 g/mol. The summed E-state index contributed by atoms with van der Waals surface area (Å²) in [6.07, 6.45) is 3.66. The predicted molar refractivity (Wildman–Crippen MR) is 87.7 cm³/mol. The number of rotatable bonds is 1. The maximum absolute atomic E-state index is 8.58. The van der Waals surface area contributed by atoms with Crippen molar-refractivity contribution >= 4 is 22.6 Å². The number of nitriles is 1. The van der Waals surface area contributed by atoms with E-state index in [1.165, 1.54) is 11.8 Å². The summed E-state index contributed by atoms with van der Waals surface area (Å²) in [5.41, 5.74) is 3.03. The second-order valence-corrected chi connectivity index (χ2v) is 6.17. The van der Waals surface area contributed by atoms with Crippen molar-refractivity contribution in [1.29, 1.82) is 5.26 Å². The van der Waals surface area contributed by atoms with Gasteiger partial charge in [-0.1, -0.05) is 23.6 Å². The molecular weight excluding hydrogens is 266 g/mol. The third-order valence-corrected chi connectivity index (χ3v) is 2.97. The van der Waals surface area contributed by atoms with Crippen LogP contribution in [-0.4, -0.2) is 11.4 Å². The molecule has 3 nitrogen and oxygen atoms in total. The number of nitrogens with zero attached hydrogens (tertiary/aromatic N) is 2. The molecule has 0 spiro atoms. The molecule has 0 saturated carbocycles. The number of aryl methyl sites for hydroxylation is 1. The highest BCUT2D eigenvalue weighted by atomic mass is 32.2. The summed E-state index contributed by atoms with van der Waals surface area (Å²) in [6.45, 7) is 8.30. The lowest BCUT2D eigenvalue weighted by atomic mass is 9.97.